The highest BCUT2D eigenvalue weighted by atomic mass is 19.4. The third kappa shape index (κ3) is 2.53. The normalized spacial score (nSPS) is 17.6. The number of nitrogens with two attached hydrogens (primary N) is 1. The monoisotopic (exact) mass is 261 g/mol. The standard InChI is InChI=1S/C12H14F3NO2/c1-18-9-5-7(6-11(16)2-3-11)4-8(10(9)17)12(13,14)15/h4-5,17H,2-3,6,16H2,1H3. The molecule has 100 valence electrons. The molecular formula is C12H14F3NO2. The van der Waals surface area contributed by atoms with E-state index < -0.39 is 23.0 Å². The molecular weight excluding hydrogens is 247 g/mol. The number of phenols is 1. The molecule has 0 bridgehead atoms. The first-order chi connectivity index (χ1) is 8.25. The van der Waals surface area contributed by atoms with Gasteiger partial charge in [-0.3, -0.25) is 0 Å². The highest BCUT2D eigenvalue weighted by Gasteiger charge is 2.40. The van der Waals surface area contributed by atoms with Crippen LogP contribution in [0.15, 0.2) is 12.1 Å². The highest BCUT2D eigenvalue weighted by Crippen LogP contribution is 2.43. The molecule has 0 atom stereocenters. The quantitative estimate of drug-likeness (QED) is 0.878. The molecule has 0 aliphatic heterocycles. The third-order valence-corrected chi connectivity index (χ3v) is 3.11. The maximum Gasteiger partial charge on any atom is 0.420 e. The molecule has 0 spiro atoms. The van der Waals surface area contributed by atoms with Crippen LogP contribution in [-0.4, -0.2) is 17.8 Å². The number of benzene rings is 1. The number of halogens is 3. The number of methoxy groups -OCH3 is 1. The summed E-state index contributed by atoms with van der Waals surface area (Å²) in [6, 6.07) is 2.34. The van der Waals surface area contributed by atoms with E-state index in [9.17, 15) is 18.3 Å². The topological polar surface area (TPSA) is 55.5 Å². The van der Waals surface area contributed by atoms with Crippen LogP contribution >= 0.6 is 0 Å². The lowest BCUT2D eigenvalue weighted by atomic mass is 10.0. The number of rotatable bonds is 3. The lowest BCUT2D eigenvalue weighted by Crippen LogP contribution is -2.24. The number of hydrogen-bond acceptors (Lipinski definition) is 3. The summed E-state index contributed by atoms with van der Waals surface area (Å²) in [7, 11) is 1.22. The second-order valence-electron chi connectivity index (χ2n) is 4.73. The van der Waals surface area contributed by atoms with Crippen molar-refractivity contribution in [1.82, 2.24) is 0 Å². The summed E-state index contributed by atoms with van der Waals surface area (Å²) in [5, 5.41) is 9.49. The molecule has 0 unspecified atom stereocenters. The lowest BCUT2D eigenvalue weighted by Gasteiger charge is -2.16. The summed E-state index contributed by atoms with van der Waals surface area (Å²) < 4.78 is 43.0. The van der Waals surface area contributed by atoms with Crippen molar-refractivity contribution in [2.75, 3.05) is 7.11 Å². The second-order valence-corrected chi connectivity index (χ2v) is 4.73. The Kier molecular flexibility index (Phi) is 2.93. The molecule has 1 aromatic carbocycles. The van der Waals surface area contributed by atoms with Crippen LogP contribution in [0.2, 0.25) is 0 Å². The maximum atomic E-state index is 12.7. The van der Waals surface area contributed by atoms with Crippen LogP contribution in [-0.2, 0) is 12.6 Å². The molecule has 0 saturated heterocycles. The fourth-order valence-electron chi connectivity index (χ4n) is 1.88. The summed E-state index contributed by atoms with van der Waals surface area (Å²) in [5.74, 6) is -1.06. The zero-order chi connectivity index (χ0) is 13.6. The molecule has 1 fully saturated rings. The van der Waals surface area contributed by atoms with Crippen LogP contribution in [0.5, 0.6) is 11.5 Å². The van der Waals surface area contributed by atoms with Gasteiger partial charge in [-0.25, -0.2) is 0 Å². The SMILES string of the molecule is COc1cc(CC2(N)CC2)cc(C(F)(F)F)c1O. The fourth-order valence-corrected chi connectivity index (χ4v) is 1.88. The van der Waals surface area contributed by atoms with E-state index in [0.717, 1.165) is 18.9 Å². The molecule has 0 amide bonds. The van der Waals surface area contributed by atoms with E-state index in [-0.39, 0.29) is 5.75 Å². The minimum atomic E-state index is -4.61. The van der Waals surface area contributed by atoms with E-state index in [0.29, 0.717) is 12.0 Å². The van der Waals surface area contributed by atoms with Gasteiger partial charge in [-0.15, -0.1) is 0 Å². The summed E-state index contributed by atoms with van der Waals surface area (Å²) >= 11 is 0. The molecule has 2 rings (SSSR count). The molecule has 3 nitrogen and oxygen atoms in total. The number of phenolic OH excluding ortho intramolecular Hbond substituents is 1. The molecule has 3 N–H and O–H groups in total. The van der Waals surface area contributed by atoms with Gasteiger partial charge in [-0.2, -0.15) is 13.2 Å². The van der Waals surface area contributed by atoms with Gasteiger partial charge in [-0.1, -0.05) is 0 Å². The summed E-state index contributed by atoms with van der Waals surface area (Å²) in [4.78, 5) is 0. The van der Waals surface area contributed by atoms with Gasteiger partial charge >= 0.3 is 6.18 Å². The minimum Gasteiger partial charge on any atom is -0.504 e. The van der Waals surface area contributed by atoms with Crippen LogP contribution in [0.4, 0.5) is 13.2 Å². The minimum absolute atomic E-state index is 0.177. The van der Waals surface area contributed by atoms with Crippen molar-refractivity contribution in [3.63, 3.8) is 0 Å². The summed E-state index contributed by atoms with van der Waals surface area (Å²) in [5.41, 5.74) is 4.83. The van der Waals surface area contributed by atoms with E-state index in [1.165, 1.54) is 13.2 Å². The Balaban J connectivity index is 2.42. The van der Waals surface area contributed by atoms with Crippen LogP contribution < -0.4 is 10.5 Å². The second kappa shape index (κ2) is 4.05. The van der Waals surface area contributed by atoms with Gasteiger partial charge in [-0.05, 0) is 37.0 Å². The van der Waals surface area contributed by atoms with E-state index in [1.54, 1.807) is 0 Å². The van der Waals surface area contributed by atoms with E-state index in [4.69, 9.17) is 10.5 Å². The zero-order valence-electron chi connectivity index (χ0n) is 9.84. The smallest absolute Gasteiger partial charge is 0.420 e. The van der Waals surface area contributed by atoms with E-state index >= 15 is 0 Å². The average Bonchev–Trinajstić information content (AvgIpc) is 2.97. The predicted molar refractivity (Wildman–Crippen MR) is 59.5 cm³/mol. The summed E-state index contributed by atoms with van der Waals surface area (Å²) in [6.45, 7) is 0. The first-order valence-corrected chi connectivity index (χ1v) is 5.51. The van der Waals surface area contributed by atoms with Gasteiger partial charge in [0.2, 0.25) is 0 Å². The van der Waals surface area contributed by atoms with Crippen molar-refractivity contribution in [3.05, 3.63) is 23.3 Å². The fraction of sp³-hybridized carbons (Fsp3) is 0.500. The Morgan fingerprint density at radius 1 is 1.39 bits per heavy atom. The van der Waals surface area contributed by atoms with Crippen LogP contribution in [0.25, 0.3) is 0 Å². The van der Waals surface area contributed by atoms with Crippen molar-refractivity contribution in [2.24, 2.45) is 5.73 Å². The van der Waals surface area contributed by atoms with Crippen molar-refractivity contribution >= 4 is 0 Å². The van der Waals surface area contributed by atoms with Gasteiger partial charge < -0.3 is 15.6 Å². The Morgan fingerprint density at radius 2 is 2.00 bits per heavy atom. The van der Waals surface area contributed by atoms with Crippen molar-refractivity contribution in [1.29, 1.82) is 0 Å². The molecule has 1 saturated carbocycles. The lowest BCUT2D eigenvalue weighted by molar-refractivity contribution is -0.138. The summed E-state index contributed by atoms with van der Waals surface area (Å²) in [6.07, 6.45) is -2.65. The third-order valence-electron chi connectivity index (χ3n) is 3.11. The van der Waals surface area contributed by atoms with Crippen LogP contribution in [0.1, 0.15) is 24.0 Å². The first kappa shape index (κ1) is 13.0. The molecule has 18 heavy (non-hydrogen) atoms. The number of alkyl halides is 3. The van der Waals surface area contributed by atoms with Gasteiger partial charge in [0.25, 0.3) is 0 Å². The van der Waals surface area contributed by atoms with Gasteiger partial charge in [0.05, 0.1) is 7.11 Å². The molecule has 1 aliphatic carbocycles. The number of aromatic hydroxyl groups is 1. The van der Waals surface area contributed by atoms with Gasteiger partial charge in [0, 0.05) is 5.54 Å². The zero-order valence-corrected chi connectivity index (χ0v) is 9.84. The van der Waals surface area contributed by atoms with Gasteiger partial charge in [0.15, 0.2) is 11.5 Å². The largest absolute Gasteiger partial charge is 0.504 e. The van der Waals surface area contributed by atoms with Crippen molar-refractivity contribution < 1.29 is 23.0 Å². The van der Waals surface area contributed by atoms with E-state index in [2.05, 4.69) is 0 Å². The van der Waals surface area contributed by atoms with Gasteiger partial charge in [0.1, 0.15) is 5.56 Å². The van der Waals surface area contributed by atoms with Crippen molar-refractivity contribution in [2.45, 2.75) is 31.0 Å². The van der Waals surface area contributed by atoms with Crippen molar-refractivity contribution in [3.8, 4) is 11.5 Å². The number of hydrogen-bond donors (Lipinski definition) is 2. The Bertz CT molecular complexity index is 467. The predicted octanol–water partition coefficient (Wildman–Crippen LogP) is 2.45. The molecule has 1 aliphatic rings. The number of ether oxygens (including phenoxy) is 1. The molecule has 0 radical (unpaired) electrons. The molecule has 1 aromatic rings. The van der Waals surface area contributed by atoms with E-state index in [1.807, 2.05) is 0 Å². The van der Waals surface area contributed by atoms with Crippen LogP contribution in [0.3, 0.4) is 0 Å². The maximum absolute atomic E-state index is 12.7. The molecule has 6 heteroatoms. The molecule has 0 heterocycles. The average molecular weight is 261 g/mol. The highest BCUT2D eigenvalue weighted by molar-refractivity contribution is 5.50. The Hall–Kier alpha value is -1.43. The first-order valence-electron chi connectivity index (χ1n) is 5.51. The Morgan fingerprint density at radius 3 is 2.44 bits per heavy atom. The molecule has 0 aromatic heterocycles. The Labute approximate surface area is 102 Å². The van der Waals surface area contributed by atoms with Crippen LogP contribution in [0, 0.1) is 0 Å².